The molecule has 0 aromatic heterocycles. The third kappa shape index (κ3) is 3.39. The summed E-state index contributed by atoms with van der Waals surface area (Å²) < 4.78 is 0. The van der Waals surface area contributed by atoms with Crippen LogP contribution in [0.4, 0.5) is 0 Å². The Hall–Kier alpha value is -0.650. The molecule has 2 rings (SSSR count). The van der Waals surface area contributed by atoms with Crippen LogP contribution in [0, 0.1) is 0 Å². The minimum atomic E-state index is 0.889. The van der Waals surface area contributed by atoms with E-state index in [0.29, 0.717) is 0 Å². The molecule has 5 nitrogen and oxygen atoms in total. The fourth-order valence-corrected chi connectivity index (χ4v) is 0.635. The number of hydrogen-bond acceptors (Lipinski definition) is 5. The molecular formula is C5H13N5. The zero-order valence-electron chi connectivity index (χ0n) is 5.85. The highest BCUT2D eigenvalue weighted by atomic mass is 15.5. The van der Waals surface area contributed by atoms with E-state index in [1.165, 1.54) is 0 Å². The van der Waals surface area contributed by atoms with E-state index < -0.39 is 0 Å². The van der Waals surface area contributed by atoms with Gasteiger partial charge in [0.1, 0.15) is 0 Å². The fourth-order valence-electron chi connectivity index (χ4n) is 0.635. The maximum absolute atomic E-state index is 3.85. The summed E-state index contributed by atoms with van der Waals surface area (Å²) in [7, 11) is 0. The predicted molar refractivity (Wildman–Crippen MR) is 40.5 cm³/mol. The second-order valence-electron chi connectivity index (χ2n) is 1.95. The van der Waals surface area contributed by atoms with Gasteiger partial charge in [-0.05, 0) is 0 Å². The van der Waals surface area contributed by atoms with Crippen LogP contribution in [0.5, 0.6) is 0 Å². The number of nitrogens with one attached hydrogen (secondary N) is 4. The van der Waals surface area contributed by atoms with Gasteiger partial charge in [0.25, 0.3) is 0 Å². The first-order valence-corrected chi connectivity index (χ1v) is 3.38. The molecule has 1 saturated heterocycles. The molecule has 58 valence electrons. The van der Waals surface area contributed by atoms with Crippen LogP contribution in [0.2, 0.25) is 0 Å². The molecule has 0 aromatic rings. The van der Waals surface area contributed by atoms with Crippen LogP contribution in [0.1, 0.15) is 0 Å². The van der Waals surface area contributed by atoms with Gasteiger partial charge in [-0.1, -0.05) is 0 Å². The van der Waals surface area contributed by atoms with E-state index in [9.17, 15) is 0 Å². The van der Waals surface area contributed by atoms with Crippen molar-refractivity contribution in [2.75, 3.05) is 26.4 Å². The molecule has 2 aliphatic heterocycles. The van der Waals surface area contributed by atoms with Gasteiger partial charge in [-0.2, -0.15) is 0 Å². The van der Waals surface area contributed by atoms with Gasteiger partial charge < -0.3 is 5.32 Å². The molecule has 2 aliphatic rings. The van der Waals surface area contributed by atoms with Crippen LogP contribution < -0.4 is 21.5 Å². The molecule has 2 heterocycles. The Labute approximate surface area is 60.3 Å². The van der Waals surface area contributed by atoms with Crippen molar-refractivity contribution in [3.8, 4) is 0 Å². The molecule has 0 aliphatic carbocycles. The van der Waals surface area contributed by atoms with Gasteiger partial charge in [-0.3, -0.25) is 10.3 Å². The normalized spacial score (nSPS) is 21.6. The highest BCUT2D eigenvalue weighted by Gasteiger charge is 1.88. The standard InChI is InChI=1S/C3H6N2.C2H7N3/c1-2-5-3-4-1;1-3-2-5-4-1/h3H,1-2H2,(H,4,5);3-5H,1-2H2. The van der Waals surface area contributed by atoms with Gasteiger partial charge in [0, 0.05) is 6.54 Å². The Morgan fingerprint density at radius 1 is 1.20 bits per heavy atom. The summed E-state index contributed by atoms with van der Waals surface area (Å²) in [6, 6.07) is 0. The van der Waals surface area contributed by atoms with Gasteiger partial charge >= 0.3 is 0 Å². The second-order valence-corrected chi connectivity index (χ2v) is 1.95. The third-order valence-electron chi connectivity index (χ3n) is 1.12. The first-order valence-electron chi connectivity index (χ1n) is 3.38. The monoisotopic (exact) mass is 143 g/mol. The molecule has 0 amide bonds. The summed E-state index contributed by atoms with van der Waals surface area (Å²) >= 11 is 0. The van der Waals surface area contributed by atoms with Crippen LogP contribution in [0.3, 0.4) is 0 Å². The molecule has 1 fully saturated rings. The SMILES string of the molecule is C1=NCCN1.C1NCNN1. The van der Waals surface area contributed by atoms with Crippen LogP contribution >= 0.6 is 0 Å². The Bertz CT molecular complexity index is 84.6. The third-order valence-corrected chi connectivity index (χ3v) is 1.12. The maximum atomic E-state index is 3.85. The molecule has 0 saturated carbocycles. The molecule has 0 aromatic carbocycles. The van der Waals surface area contributed by atoms with E-state index in [4.69, 9.17) is 0 Å². The van der Waals surface area contributed by atoms with E-state index in [-0.39, 0.29) is 0 Å². The lowest BCUT2D eigenvalue weighted by molar-refractivity contribution is 0.689. The van der Waals surface area contributed by atoms with Gasteiger partial charge in [-0.15, -0.1) is 0 Å². The Morgan fingerprint density at radius 3 is 2.20 bits per heavy atom. The zero-order valence-corrected chi connectivity index (χ0v) is 5.85. The first-order chi connectivity index (χ1) is 5.00. The van der Waals surface area contributed by atoms with Crippen molar-refractivity contribution in [1.82, 2.24) is 21.5 Å². The molecule has 0 spiro atoms. The van der Waals surface area contributed by atoms with Crippen molar-refractivity contribution >= 4 is 6.34 Å². The average molecular weight is 143 g/mol. The maximum Gasteiger partial charge on any atom is 0.0825 e. The van der Waals surface area contributed by atoms with Crippen molar-refractivity contribution < 1.29 is 0 Å². The number of hydrazine groups is 1. The molecule has 10 heavy (non-hydrogen) atoms. The first kappa shape index (κ1) is 7.46. The van der Waals surface area contributed by atoms with Crippen LogP contribution in [-0.4, -0.2) is 32.8 Å². The minimum absolute atomic E-state index is 0.889. The van der Waals surface area contributed by atoms with Crippen molar-refractivity contribution in [2.45, 2.75) is 0 Å². The quantitative estimate of drug-likeness (QED) is 0.324. The Kier molecular flexibility index (Phi) is 3.85. The van der Waals surface area contributed by atoms with E-state index in [2.05, 4.69) is 26.5 Å². The lowest BCUT2D eigenvalue weighted by Crippen LogP contribution is -2.21. The molecule has 0 radical (unpaired) electrons. The lowest BCUT2D eigenvalue weighted by atomic mass is 10.7. The van der Waals surface area contributed by atoms with Gasteiger partial charge in [0.15, 0.2) is 0 Å². The number of nitrogens with zero attached hydrogens (tertiary/aromatic N) is 1. The van der Waals surface area contributed by atoms with E-state index in [1.807, 2.05) is 0 Å². The molecule has 0 atom stereocenters. The zero-order chi connectivity index (χ0) is 7.07. The summed E-state index contributed by atoms with van der Waals surface area (Å²) in [5.41, 5.74) is 5.72. The van der Waals surface area contributed by atoms with Gasteiger partial charge in [0.05, 0.1) is 26.2 Å². The van der Waals surface area contributed by atoms with Crippen LogP contribution in [0.25, 0.3) is 0 Å². The van der Waals surface area contributed by atoms with E-state index in [0.717, 1.165) is 26.4 Å². The van der Waals surface area contributed by atoms with Crippen molar-refractivity contribution in [1.29, 1.82) is 0 Å². The molecule has 5 heteroatoms. The number of aliphatic imine (C=N–C) groups is 1. The van der Waals surface area contributed by atoms with E-state index >= 15 is 0 Å². The highest BCUT2D eigenvalue weighted by Crippen LogP contribution is 1.68. The molecule has 0 bridgehead atoms. The topological polar surface area (TPSA) is 60.5 Å². The minimum Gasteiger partial charge on any atom is -0.375 e. The van der Waals surface area contributed by atoms with Crippen LogP contribution in [-0.2, 0) is 0 Å². The fraction of sp³-hybridized carbons (Fsp3) is 0.800. The van der Waals surface area contributed by atoms with Crippen LogP contribution in [0.15, 0.2) is 4.99 Å². The van der Waals surface area contributed by atoms with E-state index in [1.54, 1.807) is 6.34 Å². The summed E-state index contributed by atoms with van der Waals surface area (Å²) in [5, 5.41) is 5.93. The number of rotatable bonds is 0. The smallest absolute Gasteiger partial charge is 0.0825 e. The van der Waals surface area contributed by atoms with Crippen molar-refractivity contribution in [3.05, 3.63) is 0 Å². The van der Waals surface area contributed by atoms with Gasteiger partial charge in [-0.25, -0.2) is 10.9 Å². The summed E-state index contributed by atoms with van der Waals surface area (Å²) in [6.45, 7) is 3.76. The molecular weight excluding hydrogens is 130 g/mol. The Morgan fingerprint density at radius 2 is 2.00 bits per heavy atom. The van der Waals surface area contributed by atoms with Crippen molar-refractivity contribution in [2.24, 2.45) is 4.99 Å². The predicted octanol–water partition coefficient (Wildman–Crippen LogP) is -1.78. The number of hydrogen-bond donors (Lipinski definition) is 4. The lowest BCUT2D eigenvalue weighted by Gasteiger charge is -1.78. The summed E-state index contributed by atoms with van der Waals surface area (Å²) in [6.07, 6.45) is 1.74. The van der Waals surface area contributed by atoms with Crippen molar-refractivity contribution in [3.63, 3.8) is 0 Å². The highest BCUT2D eigenvalue weighted by molar-refractivity contribution is 5.56. The summed E-state index contributed by atoms with van der Waals surface area (Å²) in [4.78, 5) is 3.85. The molecule has 0 unspecified atom stereocenters. The molecule has 4 N–H and O–H groups in total. The Balaban J connectivity index is 0.0000001000. The summed E-state index contributed by atoms with van der Waals surface area (Å²) in [5.74, 6) is 0. The average Bonchev–Trinajstić information content (AvgIpc) is 2.67. The second kappa shape index (κ2) is 5.16. The largest absolute Gasteiger partial charge is 0.375 e. The van der Waals surface area contributed by atoms with Gasteiger partial charge in [0.2, 0.25) is 0 Å².